The molecule has 0 amide bonds. The van der Waals surface area contributed by atoms with Gasteiger partial charge in [0, 0.05) is 13.1 Å². The molecule has 0 aromatic heterocycles. The van der Waals surface area contributed by atoms with Gasteiger partial charge in [0.05, 0.1) is 0 Å². The van der Waals surface area contributed by atoms with Gasteiger partial charge in [-0.15, -0.1) is 0 Å². The summed E-state index contributed by atoms with van der Waals surface area (Å²) < 4.78 is 0. The molecule has 1 atom stereocenters. The van der Waals surface area contributed by atoms with Crippen molar-refractivity contribution in [3.8, 4) is 0 Å². The van der Waals surface area contributed by atoms with E-state index < -0.39 is 6.23 Å². The van der Waals surface area contributed by atoms with E-state index in [0.29, 0.717) is 0 Å². The van der Waals surface area contributed by atoms with E-state index >= 15 is 0 Å². The van der Waals surface area contributed by atoms with Crippen LogP contribution in [0.3, 0.4) is 0 Å². The van der Waals surface area contributed by atoms with Crippen molar-refractivity contribution in [3.05, 3.63) is 0 Å². The first-order valence-corrected chi connectivity index (χ1v) is 3.12. The van der Waals surface area contributed by atoms with Gasteiger partial charge < -0.3 is 0 Å². The van der Waals surface area contributed by atoms with Crippen LogP contribution in [0.15, 0.2) is 0 Å². The summed E-state index contributed by atoms with van der Waals surface area (Å²) in [5.41, 5.74) is 0. The van der Waals surface area contributed by atoms with Crippen molar-refractivity contribution in [3.63, 3.8) is 0 Å². The molecule has 1 aliphatic heterocycles. The van der Waals surface area contributed by atoms with E-state index in [1.54, 1.807) is 4.90 Å². The third kappa shape index (κ3) is 1.28. The van der Waals surface area contributed by atoms with Crippen LogP contribution in [0.25, 0.3) is 0 Å². The second-order valence-corrected chi connectivity index (χ2v) is 2.35. The first-order valence-electron chi connectivity index (χ1n) is 3.12. The van der Waals surface area contributed by atoms with Crippen LogP contribution in [0.4, 0.5) is 0 Å². The van der Waals surface area contributed by atoms with Gasteiger partial charge in [0.25, 0.3) is 0 Å². The highest BCUT2D eigenvalue weighted by Gasteiger charge is 2.26. The summed E-state index contributed by atoms with van der Waals surface area (Å²) in [6, 6.07) is 0. The van der Waals surface area contributed by atoms with Crippen molar-refractivity contribution in [2.45, 2.75) is 19.6 Å². The Labute approximate surface area is 54.3 Å². The van der Waals surface area contributed by atoms with Crippen LogP contribution < -0.4 is 0 Å². The molecule has 1 saturated heterocycles. The second kappa shape index (κ2) is 2.45. The maximum absolute atomic E-state index is 10.8. The van der Waals surface area contributed by atoms with E-state index in [-0.39, 0.29) is 5.78 Å². The quantitative estimate of drug-likeness (QED) is 0.526. The molecule has 0 spiro atoms. The number of nitrogens with zero attached hydrogens (tertiary/aromatic N) is 1. The van der Waals surface area contributed by atoms with Crippen molar-refractivity contribution in [2.24, 2.45) is 0 Å². The largest absolute Gasteiger partial charge is 0.295 e. The van der Waals surface area contributed by atoms with Crippen molar-refractivity contribution >= 4 is 5.78 Å². The van der Waals surface area contributed by atoms with E-state index in [1.807, 2.05) is 0 Å². The molecule has 0 aliphatic carbocycles. The van der Waals surface area contributed by atoms with Crippen LogP contribution >= 0.6 is 0 Å². The molecule has 1 unspecified atom stereocenters. The third-order valence-electron chi connectivity index (χ3n) is 1.57. The van der Waals surface area contributed by atoms with Gasteiger partial charge in [0.2, 0.25) is 6.23 Å². The summed E-state index contributed by atoms with van der Waals surface area (Å²) >= 11 is 0. The van der Waals surface area contributed by atoms with Crippen LogP contribution in [0.5, 0.6) is 0 Å². The van der Waals surface area contributed by atoms with Gasteiger partial charge in [-0.25, -0.2) is 5.11 Å². The summed E-state index contributed by atoms with van der Waals surface area (Å²) in [7, 11) is 0. The van der Waals surface area contributed by atoms with E-state index in [4.69, 9.17) is 0 Å². The maximum Gasteiger partial charge on any atom is 0.204 e. The molecule has 3 nitrogen and oxygen atoms in total. The molecule has 9 heavy (non-hydrogen) atoms. The first-order chi connectivity index (χ1) is 4.22. The standard InChI is InChI=1S/C6H10NO2/c1-5(8)6(9)7-3-2-4-7/h6H,2-4H2,1H3. The minimum absolute atomic E-state index is 0.269. The Morgan fingerprint density at radius 1 is 1.56 bits per heavy atom. The number of likely N-dealkylation sites (tertiary alicyclic amines) is 1. The van der Waals surface area contributed by atoms with Crippen LogP contribution in [-0.2, 0) is 9.90 Å². The Bertz CT molecular complexity index is 120. The van der Waals surface area contributed by atoms with E-state index in [9.17, 15) is 9.90 Å². The molecular formula is C6H10NO2. The zero-order chi connectivity index (χ0) is 6.85. The molecular weight excluding hydrogens is 118 g/mol. The van der Waals surface area contributed by atoms with Crippen LogP contribution in [-0.4, -0.2) is 30.0 Å². The predicted octanol–water partition coefficient (Wildman–Crippen LogP) is 0.0377. The number of carbonyl (C=O) groups is 1. The van der Waals surface area contributed by atoms with Gasteiger partial charge in [-0.2, -0.15) is 0 Å². The van der Waals surface area contributed by atoms with Crippen molar-refractivity contribution in [1.82, 2.24) is 4.90 Å². The summed E-state index contributed by atoms with van der Waals surface area (Å²) in [5, 5.41) is 10.8. The van der Waals surface area contributed by atoms with Crippen molar-refractivity contribution < 1.29 is 9.90 Å². The molecule has 1 aliphatic rings. The number of carbonyl (C=O) groups excluding carboxylic acids is 1. The molecule has 0 saturated carbocycles. The normalized spacial score (nSPS) is 22.9. The lowest BCUT2D eigenvalue weighted by Gasteiger charge is -2.32. The fraction of sp³-hybridized carbons (Fsp3) is 0.833. The van der Waals surface area contributed by atoms with Crippen molar-refractivity contribution in [1.29, 1.82) is 0 Å². The van der Waals surface area contributed by atoms with Crippen LogP contribution in [0, 0.1) is 0 Å². The van der Waals surface area contributed by atoms with Crippen LogP contribution in [0.1, 0.15) is 13.3 Å². The lowest BCUT2D eigenvalue weighted by atomic mass is 10.2. The molecule has 1 fully saturated rings. The molecule has 1 radical (unpaired) electrons. The maximum atomic E-state index is 10.8. The fourth-order valence-corrected chi connectivity index (χ4v) is 0.832. The molecule has 1 heterocycles. The Balaban J connectivity index is 2.32. The number of ketones is 1. The zero-order valence-electron chi connectivity index (χ0n) is 5.46. The van der Waals surface area contributed by atoms with Gasteiger partial charge in [-0.1, -0.05) is 0 Å². The van der Waals surface area contributed by atoms with Gasteiger partial charge >= 0.3 is 0 Å². The average Bonchev–Trinajstić information content (AvgIpc) is 1.60. The lowest BCUT2D eigenvalue weighted by Crippen LogP contribution is -2.47. The Morgan fingerprint density at radius 3 is 2.22 bits per heavy atom. The Morgan fingerprint density at radius 2 is 2.11 bits per heavy atom. The fourth-order valence-electron chi connectivity index (χ4n) is 0.832. The van der Waals surface area contributed by atoms with E-state index in [2.05, 4.69) is 0 Å². The molecule has 51 valence electrons. The monoisotopic (exact) mass is 128 g/mol. The average molecular weight is 128 g/mol. The number of hydrogen-bond acceptors (Lipinski definition) is 2. The molecule has 0 aromatic carbocycles. The minimum Gasteiger partial charge on any atom is -0.295 e. The van der Waals surface area contributed by atoms with Crippen LogP contribution in [0.2, 0.25) is 0 Å². The van der Waals surface area contributed by atoms with Gasteiger partial charge in [0.1, 0.15) is 0 Å². The molecule has 1 rings (SSSR count). The highest BCUT2D eigenvalue weighted by molar-refractivity contribution is 5.79. The topological polar surface area (TPSA) is 40.2 Å². The molecule has 0 aromatic rings. The van der Waals surface area contributed by atoms with Crippen molar-refractivity contribution in [2.75, 3.05) is 13.1 Å². The molecule has 3 heteroatoms. The summed E-state index contributed by atoms with van der Waals surface area (Å²) in [6.07, 6.45) is -0.0230. The first kappa shape index (κ1) is 6.71. The summed E-state index contributed by atoms with van der Waals surface area (Å²) in [5.74, 6) is -0.269. The third-order valence-corrected chi connectivity index (χ3v) is 1.57. The van der Waals surface area contributed by atoms with Gasteiger partial charge in [0.15, 0.2) is 5.78 Å². The Kier molecular flexibility index (Phi) is 1.83. The highest BCUT2D eigenvalue weighted by Crippen LogP contribution is 2.09. The summed E-state index contributed by atoms with van der Waals surface area (Å²) in [4.78, 5) is 12.1. The Hall–Kier alpha value is -0.410. The minimum atomic E-state index is -1.08. The zero-order valence-corrected chi connectivity index (χ0v) is 5.46. The van der Waals surface area contributed by atoms with Gasteiger partial charge in [-0.05, 0) is 13.3 Å². The molecule has 0 N–H and O–H groups in total. The smallest absolute Gasteiger partial charge is 0.204 e. The molecule has 0 bridgehead atoms. The second-order valence-electron chi connectivity index (χ2n) is 2.35. The summed E-state index contributed by atoms with van der Waals surface area (Å²) in [6.45, 7) is 2.94. The highest BCUT2D eigenvalue weighted by atomic mass is 16.3. The number of hydrogen-bond donors (Lipinski definition) is 0. The van der Waals surface area contributed by atoms with E-state index in [1.165, 1.54) is 6.92 Å². The SMILES string of the molecule is CC(=O)C([O])N1CCC1. The number of Topliss-reactive ketones (excluding diaryl/α,β-unsaturated/α-hetero) is 1. The lowest BCUT2D eigenvalue weighted by molar-refractivity contribution is -0.147. The number of rotatable bonds is 2. The van der Waals surface area contributed by atoms with E-state index in [0.717, 1.165) is 19.5 Å². The predicted molar refractivity (Wildman–Crippen MR) is 31.3 cm³/mol. The van der Waals surface area contributed by atoms with Gasteiger partial charge in [-0.3, -0.25) is 9.69 Å².